The van der Waals surface area contributed by atoms with Gasteiger partial charge in [-0.15, -0.1) is 0 Å². The summed E-state index contributed by atoms with van der Waals surface area (Å²) < 4.78 is 0. The van der Waals surface area contributed by atoms with E-state index in [4.69, 9.17) is 0 Å². The lowest BCUT2D eigenvalue weighted by atomic mass is 10.1. The van der Waals surface area contributed by atoms with Crippen LogP contribution in [0.25, 0.3) is 11.3 Å². The maximum Gasteiger partial charge on any atom is 0.252 e. The molecule has 1 heterocycles. The molecule has 0 bridgehead atoms. The molecule has 0 saturated carbocycles. The topological polar surface area (TPSA) is 42.0 Å². The average Bonchev–Trinajstić information content (AvgIpc) is 2.46. The van der Waals surface area contributed by atoms with E-state index in [-0.39, 0.29) is 5.91 Å². The molecule has 0 spiro atoms. The molecular weight excluding hydrogens is 224 g/mol. The second-order valence-electron chi connectivity index (χ2n) is 4.05. The highest BCUT2D eigenvalue weighted by Crippen LogP contribution is 2.16. The third-order valence-corrected chi connectivity index (χ3v) is 2.63. The molecule has 2 aromatic rings. The summed E-state index contributed by atoms with van der Waals surface area (Å²) in [7, 11) is 0. The molecule has 0 fully saturated rings. The van der Waals surface area contributed by atoms with E-state index in [0.29, 0.717) is 12.1 Å². The van der Waals surface area contributed by atoms with Crippen LogP contribution >= 0.6 is 0 Å². The van der Waals surface area contributed by atoms with Crippen LogP contribution in [0.15, 0.2) is 48.7 Å². The molecule has 18 heavy (non-hydrogen) atoms. The standard InChI is InChI=1S/C15H16N2O/c1-2-10-16-15(18)13-8-9-14(17-11-13)12-6-4-3-5-7-12/h3-9,11H,2,10H2,1H3,(H,16,18). The van der Waals surface area contributed by atoms with E-state index in [9.17, 15) is 4.79 Å². The minimum atomic E-state index is -0.0658. The zero-order valence-electron chi connectivity index (χ0n) is 10.4. The van der Waals surface area contributed by atoms with Crippen LogP contribution in [0.1, 0.15) is 23.7 Å². The fraction of sp³-hybridized carbons (Fsp3) is 0.200. The lowest BCUT2D eigenvalue weighted by molar-refractivity contribution is 0.0953. The molecule has 92 valence electrons. The number of aromatic nitrogens is 1. The van der Waals surface area contributed by atoms with Gasteiger partial charge in [0, 0.05) is 18.3 Å². The summed E-state index contributed by atoms with van der Waals surface area (Å²) in [6, 6.07) is 13.6. The van der Waals surface area contributed by atoms with Crippen molar-refractivity contribution in [2.24, 2.45) is 0 Å². The first-order valence-electron chi connectivity index (χ1n) is 6.11. The Kier molecular flexibility index (Phi) is 4.07. The molecule has 0 aliphatic carbocycles. The molecule has 3 heteroatoms. The zero-order chi connectivity index (χ0) is 12.8. The Hall–Kier alpha value is -2.16. The number of hydrogen-bond donors (Lipinski definition) is 1. The number of rotatable bonds is 4. The fourth-order valence-electron chi connectivity index (χ4n) is 1.65. The van der Waals surface area contributed by atoms with E-state index in [2.05, 4.69) is 10.3 Å². The highest BCUT2D eigenvalue weighted by Gasteiger charge is 2.05. The molecule has 3 nitrogen and oxygen atoms in total. The number of carbonyl (C=O) groups is 1. The largest absolute Gasteiger partial charge is 0.352 e. The van der Waals surface area contributed by atoms with Gasteiger partial charge in [0.05, 0.1) is 11.3 Å². The number of nitrogens with zero attached hydrogens (tertiary/aromatic N) is 1. The van der Waals surface area contributed by atoms with Crippen molar-refractivity contribution < 1.29 is 4.79 Å². The number of benzene rings is 1. The van der Waals surface area contributed by atoms with Gasteiger partial charge in [0.15, 0.2) is 0 Å². The van der Waals surface area contributed by atoms with Gasteiger partial charge in [-0.25, -0.2) is 0 Å². The minimum absolute atomic E-state index is 0.0658. The molecule has 2 rings (SSSR count). The lowest BCUT2D eigenvalue weighted by Crippen LogP contribution is -2.23. The van der Waals surface area contributed by atoms with Crippen molar-refractivity contribution in [3.8, 4) is 11.3 Å². The van der Waals surface area contributed by atoms with Gasteiger partial charge in [0.1, 0.15) is 0 Å². The van der Waals surface area contributed by atoms with Crippen molar-refractivity contribution in [3.63, 3.8) is 0 Å². The van der Waals surface area contributed by atoms with Crippen molar-refractivity contribution >= 4 is 5.91 Å². The van der Waals surface area contributed by atoms with Crippen molar-refractivity contribution in [1.82, 2.24) is 10.3 Å². The lowest BCUT2D eigenvalue weighted by Gasteiger charge is -2.04. The van der Waals surface area contributed by atoms with Crippen LogP contribution in [0, 0.1) is 0 Å². The quantitative estimate of drug-likeness (QED) is 0.892. The Morgan fingerprint density at radius 1 is 1.17 bits per heavy atom. The van der Waals surface area contributed by atoms with E-state index < -0.39 is 0 Å². The summed E-state index contributed by atoms with van der Waals surface area (Å²) >= 11 is 0. The average molecular weight is 240 g/mol. The van der Waals surface area contributed by atoms with Gasteiger partial charge in [-0.1, -0.05) is 37.3 Å². The van der Waals surface area contributed by atoms with Crippen LogP contribution in [0.3, 0.4) is 0 Å². The predicted molar refractivity (Wildman–Crippen MR) is 72.3 cm³/mol. The Balaban J connectivity index is 2.13. The van der Waals surface area contributed by atoms with Crippen LogP contribution in [0.5, 0.6) is 0 Å². The molecule has 0 atom stereocenters. The third-order valence-electron chi connectivity index (χ3n) is 2.63. The number of carbonyl (C=O) groups excluding carboxylic acids is 1. The van der Waals surface area contributed by atoms with E-state index >= 15 is 0 Å². The maximum absolute atomic E-state index is 11.7. The monoisotopic (exact) mass is 240 g/mol. The minimum Gasteiger partial charge on any atom is -0.352 e. The first-order valence-corrected chi connectivity index (χ1v) is 6.11. The van der Waals surface area contributed by atoms with Crippen molar-refractivity contribution in [2.45, 2.75) is 13.3 Å². The van der Waals surface area contributed by atoms with Gasteiger partial charge < -0.3 is 5.32 Å². The molecule has 1 N–H and O–H groups in total. The van der Waals surface area contributed by atoms with Gasteiger partial charge in [-0.2, -0.15) is 0 Å². The number of hydrogen-bond acceptors (Lipinski definition) is 2. The van der Waals surface area contributed by atoms with Crippen molar-refractivity contribution in [1.29, 1.82) is 0 Å². The SMILES string of the molecule is CCCNC(=O)c1ccc(-c2ccccc2)nc1. The molecule has 0 aliphatic rings. The third kappa shape index (κ3) is 2.94. The Morgan fingerprint density at radius 2 is 1.94 bits per heavy atom. The molecule has 0 saturated heterocycles. The van der Waals surface area contributed by atoms with E-state index in [1.807, 2.05) is 43.3 Å². The van der Waals surface area contributed by atoms with Gasteiger partial charge in [0.2, 0.25) is 0 Å². The molecule has 0 radical (unpaired) electrons. The van der Waals surface area contributed by atoms with Crippen LogP contribution in [0.4, 0.5) is 0 Å². The summed E-state index contributed by atoms with van der Waals surface area (Å²) in [6.45, 7) is 2.72. The summed E-state index contributed by atoms with van der Waals surface area (Å²) in [5, 5.41) is 2.83. The van der Waals surface area contributed by atoms with Gasteiger partial charge in [-0.05, 0) is 18.6 Å². The Morgan fingerprint density at radius 3 is 2.56 bits per heavy atom. The fourth-order valence-corrected chi connectivity index (χ4v) is 1.65. The van der Waals surface area contributed by atoms with E-state index in [0.717, 1.165) is 17.7 Å². The summed E-state index contributed by atoms with van der Waals surface area (Å²) in [4.78, 5) is 16.0. The summed E-state index contributed by atoms with van der Waals surface area (Å²) in [5.74, 6) is -0.0658. The van der Waals surface area contributed by atoms with Crippen molar-refractivity contribution in [3.05, 3.63) is 54.2 Å². The summed E-state index contributed by atoms with van der Waals surface area (Å²) in [5.41, 5.74) is 2.53. The van der Waals surface area contributed by atoms with Crippen LogP contribution in [-0.4, -0.2) is 17.4 Å². The molecule has 1 amide bonds. The highest BCUT2D eigenvalue weighted by atomic mass is 16.1. The first kappa shape index (κ1) is 12.3. The first-order chi connectivity index (χ1) is 8.81. The summed E-state index contributed by atoms with van der Waals surface area (Å²) in [6.07, 6.45) is 2.55. The molecular formula is C15H16N2O. The molecule has 1 aromatic carbocycles. The van der Waals surface area contributed by atoms with Crippen LogP contribution in [-0.2, 0) is 0 Å². The number of nitrogens with one attached hydrogen (secondary N) is 1. The Labute approximate surface area is 107 Å². The number of amides is 1. The molecule has 0 unspecified atom stereocenters. The van der Waals surface area contributed by atoms with Crippen LogP contribution in [0.2, 0.25) is 0 Å². The molecule has 0 aliphatic heterocycles. The van der Waals surface area contributed by atoms with Crippen molar-refractivity contribution in [2.75, 3.05) is 6.54 Å². The smallest absolute Gasteiger partial charge is 0.252 e. The van der Waals surface area contributed by atoms with E-state index in [1.54, 1.807) is 12.3 Å². The maximum atomic E-state index is 11.7. The second-order valence-corrected chi connectivity index (χ2v) is 4.05. The zero-order valence-corrected chi connectivity index (χ0v) is 10.4. The predicted octanol–water partition coefficient (Wildman–Crippen LogP) is 2.89. The molecule has 1 aromatic heterocycles. The number of pyridine rings is 1. The van der Waals surface area contributed by atoms with Crippen LogP contribution < -0.4 is 5.32 Å². The normalized spacial score (nSPS) is 10.1. The van der Waals surface area contributed by atoms with Gasteiger partial charge in [-0.3, -0.25) is 9.78 Å². The van der Waals surface area contributed by atoms with Gasteiger partial charge in [0.25, 0.3) is 5.91 Å². The second kappa shape index (κ2) is 5.96. The Bertz CT molecular complexity index is 506. The highest BCUT2D eigenvalue weighted by molar-refractivity contribution is 5.94. The van der Waals surface area contributed by atoms with E-state index in [1.165, 1.54) is 0 Å². The van der Waals surface area contributed by atoms with Gasteiger partial charge >= 0.3 is 0 Å².